The summed E-state index contributed by atoms with van der Waals surface area (Å²) in [5.74, 6) is 0.257. The zero-order valence-electron chi connectivity index (χ0n) is 15.6. The highest BCUT2D eigenvalue weighted by Gasteiger charge is 2.36. The topological polar surface area (TPSA) is 62.5 Å². The highest BCUT2D eigenvalue weighted by Crippen LogP contribution is 2.25. The Morgan fingerprint density at radius 1 is 1.18 bits per heavy atom. The van der Waals surface area contributed by atoms with Crippen molar-refractivity contribution in [3.63, 3.8) is 0 Å². The molecule has 1 atom stereocenters. The number of halogens is 1. The Morgan fingerprint density at radius 2 is 1.93 bits per heavy atom. The minimum atomic E-state index is -0.397. The molecule has 1 aromatic heterocycles. The lowest BCUT2D eigenvalue weighted by atomic mass is 10.2. The molecule has 0 bridgehead atoms. The van der Waals surface area contributed by atoms with Gasteiger partial charge in [-0.1, -0.05) is 42.4 Å². The molecule has 1 aliphatic heterocycles. The maximum absolute atomic E-state index is 13.9. The van der Waals surface area contributed by atoms with Gasteiger partial charge in [-0.25, -0.2) is 4.39 Å². The molecule has 1 aliphatic rings. The Hall–Kier alpha value is -3.06. The summed E-state index contributed by atoms with van der Waals surface area (Å²) < 4.78 is 19.3. The lowest BCUT2D eigenvalue weighted by molar-refractivity contribution is -0.121. The van der Waals surface area contributed by atoms with Crippen LogP contribution in [0, 0.1) is 5.82 Å². The van der Waals surface area contributed by atoms with Crippen molar-refractivity contribution in [2.75, 3.05) is 18.0 Å². The lowest BCUT2D eigenvalue weighted by Crippen LogP contribution is -2.41. The van der Waals surface area contributed by atoms with Gasteiger partial charge in [0.1, 0.15) is 5.82 Å². The van der Waals surface area contributed by atoms with Crippen molar-refractivity contribution in [3.8, 4) is 11.4 Å². The van der Waals surface area contributed by atoms with E-state index in [0.717, 1.165) is 12.1 Å². The van der Waals surface area contributed by atoms with Crippen LogP contribution in [0.25, 0.3) is 11.4 Å². The van der Waals surface area contributed by atoms with Crippen LogP contribution in [0.3, 0.4) is 0 Å². The fourth-order valence-corrected chi connectivity index (χ4v) is 3.56. The quantitative estimate of drug-likeness (QED) is 0.655. The van der Waals surface area contributed by atoms with E-state index in [2.05, 4.69) is 10.1 Å². The lowest BCUT2D eigenvalue weighted by Gasteiger charge is -2.25. The largest absolute Gasteiger partial charge is 0.338 e. The number of hydrogen-bond donors (Lipinski definition) is 0. The zero-order chi connectivity index (χ0) is 19.5. The van der Waals surface area contributed by atoms with Crippen LogP contribution in [0.15, 0.2) is 59.1 Å². The van der Waals surface area contributed by atoms with Crippen LogP contribution in [0.5, 0.6) is 0 Å². The van der Waals surface area contributed by atoms with Crippen LogP contribution in [0.1, 0.15) is 19.2 Å². The summed E-state index contributed by atoms with van der Waals surface area (Å²) in [4.78, 5) is 21.1. The number of para-hydroxylation sites is 1. The van der Waals surface area contributed by atoms with E-state index in [1.165, 1.54) is 6.07 Å². The van der Waals surface area contributed by atoms with Crippen LogP contribution < -0.4 is 4.90 Å². The van der Waals surface area contributed by atoms with Gasteiger partial charge in [0.2, 0.25) is 17.6 Å². The third kappa shape index (κ3) is 3.53. The molecule has 1 saturated heterocycles. The van der Waals surface area contributed by atoms with Crippen molar-refractivity contribution in [2.24, 2.45) is 0 Å². The van der Waals surface area contributed by atoms with E-state index in [-0.39, 0.29) is 17.8 Å². The van der Waals surface area contributed by atoms with Gasteiger partial charge in [0.25, 0.3) is 0 Å². The smallest absolute Gasteiger partial charge is 0.244 e. The molecule has 0 N–H and O–H groups in total. The number of anilines is 1. The number of benzene rings is 2. The number of carbonyl (C=O) groups is 1. The van der Waals surface area contributed by atoms with Crippen molar-refractivity contribution in [1.82, 2.24) is 15.0 Å². The minimum Gasteiger partial charge on any atom is -0.338 e. The fraction of sp³-hybridized carbons (Fsp3) is 0.286. The Morgan fingerprint density at radius 3 is 2.68 bits per heavy atom. The zero-order valence-corrected chi connectivity index (χ0v) is 15.6. The number of hydrogen-bond acceptors (Lipinski definition) is 5. The van der Waals surface area contributed by atoms with Gasteiger partial charge in [-0.05, 0) is 37.2 Å². The second-order valence-electron chi connectivity index (χ2n) is 6.68. The van der Waals surface area contributed by atoms with Crippen molar-refractivity contribution < 1.29 is 13.7 Å². The van der Waals surface area contributed by atoms with Crippen LogP contribution in [-0.2, 0) is 11.3 Å². The van der Waals surface area contributed by atoms with Crippen molar-refractivity contribution in [3.05, 3.63) is 66.3 Å². The predicted octanol–water partition coefficient (Wildman–Crippen LogP) is 3.50. The van der Waals surface area contributed by atoms with Gasteiger partial charge >= 0.3 is 0 Å². The second kappa shape index (κ2) is 7.90. The maximum atomic E-state index is 13.9. The van der Waals surface area contributed by atoms with Gasteiger partial charge in [-0.2, -0.15) is 4.98 Å². The first-order valence-electron chi connectivity index (χ1n) is 9.35. The molecule has 28 heavy (non-hydrogen) atoms. The second-order valence-corrected chi connectivity index (χ2v) is 6.68. The summed E-state index contributed by atoms with van der Waals surface area (Å²) >= 11 is 0. The SMILES string of the molecule is CCN(Cc1nc(-c2ccccc2F)no1)C1CCN(c2ccccc2)C1=O. The molecule has 6 nitrogen and oxygen atoms in total. The molecule has 1 unspecified atom stereocenters. The maximum Gasteiger partial charge on any atom is 0.244 e. The number of nitrogens with zero attached hydrogens (tertiary/aromatic N) is 4. The highest BCUT2D eigenvalue weighted by atomic mass is 19.1. The van der Waals surface area contributed by atoms with Crippen LogP contribution in [-0.4, -0.2) is 40.1 Å². The molecular weight excluding hydrogens is 359 g/mol. The number of aromatic nitrogens is 2. The Bertz CT molecular complexity index is 960. The van der Waals surface area contributed by atoms with Gasteiger partial charge in [-0.3, -0.25) is 9.69 Å². The first-order valence-corrected chi connectivity index (χ1v) is 9.35. The van der Waals surface area contributed by atoms with E-state index in [4.69, 9.17) is 4.52 Å². The standard InChI is InChI=1S/C21H21FN4O2/c1-2-25(18-12-13-26(21(18)27)15-8-4-3-5-9-15)14-19-23-20(24-28-19)16-10-6-7-11-17(16)22/h3-11,18H,2,12-14H2,1H3. The number of likely N-dealkylation sites (N-methyl/N-ethyl adjacent to an activating group) is 1. The van der Waals surface area contributed by atoms with E-state index >= 15 is 0 Å². The third-order valence-corrected chi connectivity index (χ3v) is 5.01. The molecule has 3 aromatic rings. The minimum absolute atomic E-state index is 0.0712. The van der Waals surface area contributed by atoms with E-state index in [1.54, 1.807) is 18.2 Å². The van der Waals surface area contributed by atoms with Gasteiger partial charge in [0.15, 0.2) is 0 Å². The molecule has 1 amide bonds. The predicted molar refractivity (Wildman–Crippen MR) is 103 cm³/mol. The number of amides is 1. The molecule has 2 aromatic carbocycles. The van der Waals surface area contributed by atoms with Gasteiger partial charge in [0.05, 0.1) is 18.2 Å². The Kier molecular flexibility index (Phi) is 5.16. The summed E-state index contributed by atoms with van der Waals surface area (Å²) in [6.07, 6.45) is 0.732. The molecule has 4 rings (SSSR count). The summed E-state index contributed by atoms with van der Waals surface area (Å²) in [6.45, 7) is 3.67. The molecule has 1 fully saturated rings. The molecular formula is C21H21FN4O2. The molecule has 0 spiro atoms. The normalized spacial score (nSPS) is 16.9. The van der Waals surface area contributed by atoms with Gasteiger partial charge < -0.3 is 9.42 Å². The summed E-state index contributed by atoms with van der Waals surface area (Å²) in [7, 11) is 0. The summed E-state index contributed by atoms with van der Waals surface area (Å²) in [6, 6.07) is 15.7. The molecule has 7 heteroatoms. The van der Waals surface area contributed by atoms with Crippen molar-refractivity contribution >= 4 is 11.6 Å². The number of rotatable bonds is 6. The highest BCUT2D eigenvalue weighted by molar-refractivity contribution is 5.99. The third-order valence-electron chi connectivity index (χ3n) is 5.01. The summed E-state index contributed by atoms with van der Waals surface area (Å²) in [5.41, 5.74) is 1.21. The first kappa shape index (κ1) is 18.3. The number of carbonyl (C=O) groups excluding carboxylic acids is 1. The molecule has 144 valence electrons. The fourth-order valence-electron chi connectivity index (χ4n) is 3.56. The van der Waals surface area contributed by atoms with Crippen LogP contribution in [0.4, 0.5) is 10.1 Å². The van der Waals surface area contributed by atoms with E-state index < -0.39 is 5.82 Å². The average molecular weight is 380 g/mol. The van der Waals surface area contributed by atoms with E-state index in [1.807, 2.05) is 47.1 Å². The Balaban J connectivity index is 1.48. The van der Waals surface area contributed by atoms with Crippen LogP contribution in [0.2, 0.25) is 0 Å². The summed E-state index contributed by atoms with van der Waals surface area (Å²) in [5, 5.41) is 3.89. The molecule has 0 saturated carbocycles. The monoisotopic (exact) mass is 380 g/mol. The van der Waals surface area contributed by atoms with Gasteiger partial charge in [-0.15, -0.1) is 0 Å². The molecule has 2 heterocycles. The first-order chi connectivity index (χ1) is 13.7. The van der Waals surface area contributed by atoms with Crippen molar-refractivity contribution in [2.45, 2.75) is 25.9 Å². The van der Waals surface area contributed by atoms with E-state index in [9.17, 15) is 9.18 Å². The van der Waals surface area contributed by atoms with Gasteiger partial charge in [0, 0.05) is 12.2 Å². The van der Waals surface area contributed by atoms with Crippen molar-refractivity contribution in [1.29, 1.82) is 0 Å². The Labute approximate surface area is 162 Å². The van der Waals surface area contributed by atoms with Crippen LogP contribution >= 0.6 is 0 Å². The molecule has 0 radical (unpaired) electrons. The van der Waals surface area contributed by atoms with E-state index in [0.29, 0.717) is 31.1 Å². The average Bonchev–Trinajstić information content (AvgIpc) is 3.34. The molecule has 0 aliphatic carbocycles.